The molecule has 14 heavy (non-hydrogen) atoms. The van der Waals surface area contributed by atoms with E-state index in [0.717, 1.165) is 25.2 Å². The van der Waals surface area contributed by atoms with Crippen molar-refractivity contribution in [2.45, 2.75) is 57.5 Å². The van der Waals surface area contributed by atoms with Gasteiger partial charge in [0.25, 0.3) is 0 Å². The van der Waals surface area contributed by atoms with E-state index in [0.29, 0.717) is 6.04 Å². The molecule has 0 aromatic rings. The fourth-order valence-electron chi connectivity index (χ4n) is 2.74. The van der Waals surface area contributed by atoms with Gasteiger partial charge in [-0.05, 0) is 31.6 Å². The third-order valence-corrected chi connectivity index (χ3v) is 3.72. The largest absolute Gasteiger partial charge is 0.380 e. The molecule has 0 spiro atoms. The van der Waals surface area contributed by atoms with Crippen molar-refractivity contribution < 1.29 is 4.74 Å². The van der Waals surface area contributed by atoms with Crippen LogP contribution >= 0.6 is 0 Å². The molecular formula is C12H23NO. The molecule has 1 heterocycles. The van der Waals surface area contributed by atoms with Crippen LogP contribution in [0, 0.1) is 5.92 Å². The van der Waals surface area contributed by atoms with Crippen LogP contribution in [-0.4, -0.2) is 25.3 Å². The van der Waals surface area contributed by atoms with Gasteiger partial charge in [-0.3, -0.25) is 0 Å². The highest BCUT2D eigenvalue weighted by Crippen LogP contribution is 2.24. The van der Waals surface area contributed by atoms with Crippen LogP contribution in [0.4, 0.5) is 0 Å². The predicted octanol–water partition coefficient (Wildman–Crippen LogP) is 2.33. The van der Waals surface area contributed by atoms with Crippen LogP contribution in [0.25, 0.3) is 0 Å². The smallest absolute Gasteiger partial charge is 0.0619 e. The van der Waals surface area contributed by atoms with E-state index in [2.05, 4.69) is 12.2 Å². The average molecular weight is 197 g/mol. The van der Waals surface area contributed by atoms with Crippen LogP contribution in [0.15, 0.2) is 0 Å². The fraction of sp³-hybridized carbons (Fsp3) is 1.00. The summed E-state index contributed by atoms with van der Waals surface area (Å²) in [6.45, 7) is 4.29. The Morgan fingerprint density at radius 2 is 1.93 bits per heavy atom. The molecule has 2 aliphatic rings. The van der Waals surface area contributed by atoms with E-state index in [-0.39, 0.29) is 0 Å². The summed E-state index contributed by atoms with van der Waals surface area (Å²) in [5, 5.41) is 3.78. The van der Waals surface area contributed by atoms with Crippen LogP contribution in [0.1, 0.15) is 45.4 Å². The van der Waals surface area contributed by atoms with E-state index in [1.54, 1.807) is 0 Å². The molecule has 0 amide bonds. The molecule has 3 atom stereocenters. The normalized spacial score (nSPS) is 39.6. The fourth-order valence-corrected chi connectivity index (χ4v) is 2.74. The van der Waals surface area contributed by atoms with Crippen molar-refractivity contribution in [3.63, 3.8) is 0 Å². The molecule has 2 heteroatoms. The third kappa shape index (κ3) is 2.71. The lowest BCUT2D eigenvalue weighted by Gasteiger charge is -2.34. The maximum atomic E-state index is 5.50. The van der Waals surface area contributed by atoms with E-state index >= 15 is 0 Å². The molecule has 0 aromatic carbocycles. The van der Waals surface area contributed by atoms with Gasteiger partial charge in [-0.25, -0.2) is 0 Å². The van der Waals surface area contributed by atoms with Crippen molar-refractivity contribution in [1.82, 2.24) is 5.32 Å². The molecule has 1 saturated heterocycles. The maximum absolute atomic E-state index is 5.50. The van der Waals surface area contributed by atoms with Crippen molar-refractivity contribution in [2.24, 2.45) is 5.92 Å². The van der Waals surface area contributed by atoms with Crippen LogP contribution in [-0.2, 0) is 4.74 Å². The van der Waals surface area contributed by atoms with Crippen molar-refractivity contribution >= 4 is 0 Å². The van der Waals surface area contributed by atoms with Crippen molar-refractivity contribution in [1.29, 1.82) is 0 Å². The average Bonchev–Trinajstić information content (AvgIpc) is 2.23. The number of nitrogens with one attached hydrogen (secondary N) is 1. The lowest BCUT2D eigenvalue weighted by molar-refractivity contribution is 0.0606. The highest BCUT2D eigenvalue weighted by molar-refractivity contribution is 4.82. The molecule has 2 unspecified atom stereocenters. The summed E-state index contributed by atoms with van der Waals surface area (Å²) in [4.78, 5) is 0. The number of hydrogen-bond donors (Lipinski definition) is 1. The first-order valence-corrected chi connectivity index (χ1v) is 6.20. The van der Waals surface area contributed by atoms with Gasteiger partial charge >= 0.3 is 0 Å². The molecule has 0 bridgehead atoms. The van der Waals surface area contributed by atoms with Gasteiger partial charge in [0.15, 0.2) is 0 Å². The highest BCUT2D eigenvalue weighted by atomic mass is 16.5. The van der Waals surface area contributed by atoms with Crippen molar-refractivity contribution in [3.05, 3.63) is 0 Å². The zero-order chi connectivity index (χ0) is 9.80. The molecule has 82 valence electrons. The summed E-state index contributed by atoms with van der Waals surface area (Å²) in [5.41, 5.74) is 0. The van der Waals surface area contributed by atoms with E-state index in [9.17, 15) is 0 Å². The lowest BCUT2D eigenvalue weighted by Crippen LogP contribution is -2.46. The molecule has 1 aliphatic heterocycles. The van der Waals surface area contributed by atoms with Crippen LogP contribution in [0.3, 0.4) is 0 Å². The van der Waals surface area contributed by atoms with Crippen LogP contribution in [0.5, 0.6) is 0 Å². The third-order valence-electron chi connectivity index (χ3n) is 3.72. The Kier molecular flexibility index (Phi) is 3.82. The summed E-state index contributed by atoms with van der Waals surface area (Å²) in [6.07, 6.45) is 8.17. The predicted molar refractivity (Wildman–Crippen MR) is 58.4 cm³/mol. The minimum Gasteiger partial charge on any atom is -0.380 e. The van der Waals surface area contributed by atoms with Crippen LogP contribution in [0.2, 0.25) is 0 Å². The minimum absolute atomic E-state index is 0.634. The summed E-state index contributed by atoms with van der Waals surface area (Å²) < 4.78 is 5.50. The Bertz CT molecular complexity index is 166. The monoisotopic (exact) mass is 197 g/mol. The summed E-state index contributed by atoms with van der Waals surface area (Å²) in [6, 6.07) is 1.39. The van der Waals surface area contributed by atoms with Gasteiger partial charge in [0.2, 0.25) is 0 Å². The molecule has 1 saturated carbocycles. The second kappa shape index (κ2) is 5.13. The zero-order valence-corrected chi connectivity index (χ0v) is 9.30. The summed E-state index contributed by atoms with van der Waals surface area (Å²) in [7, 11) is 0. The summed E-state index contributed by atoms with van der Waals surface area (Å²) in [5.74, 6) is 0.866. The van der Waals surface area contributed by atoms with E-state index in [1.165, 1.54) is 38.5 Å². The Morgan fingerprint density at radius 3 is 2.64 bits per heavy atom. The minimum atomic E-state index is 0.634. The van der Waals surface area contributed by atoms with Crippen molar-refractivity contribution in [2.75, 3.05) is 13.2 Å². The molecular weight excluding hydrogens is 174 g/mol. The van der Waals surface area contributed by atoms with E-state index in [1.807, 2.05) is 0 Å². The zero-order valence-electron chi connectivity index (χ0n) is 9.30. The van der Waals surface area contributed by atoms with Gasteiger partial charge in [0.1, 0.15) is 0 Å². The molecule has 2 fully saturated rings. The van der Waals surface area contributed by atoms with Gasteiger partial charge in [0, 0.05) is 18.7 Å². The molecule has 1 N–H and O–H groups in total. The second-order valence-corrected chi connectivity index (χ2v) is 4.95. The summed E-state index contributed by atoms with van der Waals surface area (Å²) >= 11 is 0. The molecule has 2 rings (SSSR count). The van der Waals surface area contributed by atoms with Gasteiger partial charge in [0.05, 0.1) is 6.61 Å². The quantitative estimate of drug-likeness (QED) is 0.733. The molecule has 0 aromatic heterocycles. The molecule has 2 nitrogen and oxygen atoms in total. The molecule has 0 radical (unpaired) electrons. The maximum Gasteiger partial charge on any atom is 0.0619 e. The first-order chi connectivity index (χ1) is 6.86. The standard InChI is InChI=1S/C12H23NO/c1-10-5-2-3-7-12(10)13-11-6-4-8-14-9-11/h10-13H,2-9H2,1H3/t10?,11-,12?/m0/s1. The number of ether oxygens (including phenoxy) is 1. The van der Waals surface area contributed by atoms with Gasteiger partial charge < -0.3 is 10.1 Å². The van der Waals surface area contributed by atoms with E-state index < -0.39 is 0 Å². The van der Waals surface area contributed by atoms with E-state index in [4.69, 9.17) is 4.74 Å². The number of rotatable bonds is 2. The van der Waals surface area contributed by atoms with Gasteiger partial charge in [-0.1, -0.05) is 19.8 Å². The Balaban J connectivity index is 1.76. The van der Waals surface area contributed by atoms with Crippen molar-refractivity contribution in [3.8, 4) is 0 Å². The second-order valence-electron chi connectivity index (χ2n) is 4.95. The Morgan fingerprint density at radius 1 is 1.07 bits per heavy atom. The first-order valence-electron chi connectivity index (χ1n) is 6.20. The molecule has 1 aliphatic carbocycles. The Labute approximate surface area is 87.4 Å². The topological polar surface area (TPSA) is 21.3 Å². The first kappa shape index (κ1) is 10.4. The van der Waals surface area contributed by atoms with Crippen LogP contribution < -0.4 is 5.32 Å². The highest BCUT2D eigenvalue weighted by Gasteiger charge is 2.24. The Hall–Kier alpha value is -0.0800. The number of hydrogen-bond acceptors (Lipinski definition) is 2. The lowest BCUT2D eigenvalue weighted by atomic mass is 9.85. The van der Waals surface area contributed by atoms with Gasteiger partial charge in [-0.15, -0.1) is 0 Å². The SMILES string of the molecule is CC1CCCCC1N[C@H]1CCCOC1. The van der Waals surface area contributed by atoms with Gasteiger partial charge in [-0.2, -0.15) is 0 Å².